The first kappa shape index (κ1) is 21.0. The van der Waals surface area contributed by atoms with Crippen LogP contribution in [0.4, 0.5) is 0 Å². The predicted octanol–water partition coefficient (Wildman–Crippen LogP) is 6.24. The van der Waals surface area contributed by atoms with Gasteiger partial charge in [-0.2, -0.15) is 0 Å². The zero-order chi connectivity index (χ0) is 22.1. The number of phenols is 1. The lowest BCUT2D eigenvalue weighted by Gasteiger charge is -2.30. The van der Waals surface area contributed by atoms with Crippen molar-refractivity contribution in [2.24, 2.45) is 0 Å². The predicted molar refractivity (Wildman–Crippen MR) is 130 cm³/mol. The molecule has 1 aliphatic rings. The van der Waals surface area contributed by atoms with E-state index in [1.807, 2.05) is 42.5 Å². The van der Waals surface area contributed by atoms with E-state index >= 15 is 0 Å². The van der Waals surface area contributed by atoms with Crippen molar-refractivity contribution in [1.82, 2.24) is 4.90 Å². The lowest BCUT2D eigenvalue weighted by atomic mass is 9.98. The molecule has 32 heavy (non-hydrogen) atoms. The Morgan fingerprint density at radius 3 is 2.56 bits per heavy atom. The first-order valence-corrected chi connectivity index (χ1v) is 11.8. The molecule has 0 saturated carbocycles. The smallest absolute Gasteiger partial charge is 0.205 e. The maximum absolute atomic E-state index is 13.5. The molecule has 0 spiro atoms. The van der Waals surface area contributed by atoms with Crippen molar-refractivity contribution in [3.8, 4) is 22.6 Å². The fraction of sp³-hybridized carbons (Fsp3) is 0.192. The number of ketones is 1. The van der Waals surface area contributed by atoms with Crippen molar-refractivity contribution in [2.45, 2.75) is 6.42 Å². The van der Waals surface area contributed by atoms with Crippen molar-refractivity contribution in [3.05, 3.63) is 82.2 Å². The lowest BCUT2D eigenvalue weighted by Crippen LogP contribution is -2.39. The number of nitrogens with zero attached hydrogens (tertiary/aromatic N) is 1. The van der Waals surface area contributed by atoms with Gasteiger partial charge in [0.15, 0.2) is 0 Å². The van der Waals surface area contributed by atoms with E-state index in [1.165, 1.54) is 17.8 Å². The number of fused-ring (bicyclic) bond motifs is 1. The van der Waals surface area contributed by atoms with Gasteiger partial charge in [-0.1, -0.05) is 35.9 Å². The third-order valence-electron chi connectivity index (χ3n) is 5.77. The van der Waals surface area contributed by atoms with Gasteiger partial charge in [-0.15, -0.1) is 11.3 Å². The van der Waals surface area contributed by atoms with Crippen LogP contribution in [-0.2, 0) is 0 Å². The second kappa shape index (κ2) is 8.94. The first-order valence-electron chi connectivity index (χ1n) is 10.6. The number of rotatable bonds is 7. The van der Waals surface area contributed by atoms with Gasteiger partial charge in [0.25, 0.3) is 0 Å². The molecule has 162 valence electrons. The summed E-state index contributed by atoms with van der Waals surface area (Å²) in [6, 6.07) is 20.1. The Kier molecular flexibility index (Phi) is 5.87. The number of hydrogen-bond acceptors (Lipinski definition) is 5. The van der Waals surface area contributed by atoms with Crippen LogP contribution < -0.4 is 4.74 Å². The molecule has 6 heteroatoms. The molecule has 4 aromatic rings. The number of carbonyl (C=O) groups is 1. The number of benzene rings is 3. The maximum atomic E-state index is 13.5. The Balaban J connectivity index is 1.50. The number of phenolic OH excluding ortho intramolecular Hbond substituents is 1. The monoisotopic (exact) mass is 463 g/mol. The average Bonchev–Trinajstić information content (AvgIpc) is 3.14. The average molecular weight is 464 g/mol. The van der Waals surface area contributed by atoms with Crippen molar-refractivity contribution < 1.29 is 14.6 Å². The van der Waals surface area contributed by atoms with Gasteiger partial charge in [0, 0.05) is 27.8 Å². The van der Waals surface area contributed by atoms with E-state index in [4.69, 9.17) is 16.3 Å². The van der Waals surface area contributed by atoms with Gasteiger partial charge in [-0.05, 0) is 67.5 Å². The van der Waals surface area contributed by atoms with Gasteiger partial charge in [0.05, 0.1) is 9.90 Å². The molecule has 0 radical (unpaired) electrons. The maximum Gasteiger partial charge on any atom is 0.205 e. The quantitative estimate of drug-likeness (QED) is 0.329. The Bertz CT molecular complexity index is 1280. The number of likely N-dealkylation sites (tertiary alicyclic amines) is 1. The van der Waals surface area contributed by atoms with Crippen LogP contribution in [0.25, 0.3) is 21.2 Å². The van der Waals surface area contributed by atoms with E-state index in [1.54, 1.807) is 24.3 Å². The summed E-state index contributed by atoms with van der Waals surface area (Å²) in [6.07, 6.45) is 1.27. The van der Waals surface area contributed by atoms with Crippen LogP contribution in [0.2, 0.25) is 5.02 Å². The van der Waals surface area contributed by atoms with E-state index in [0.717, 1.165) is 46.6 Å². The van der Waals surface area contributed by atoms with Crippen LogP contribution in [0.5, 0.6) is 11.5 Å². The lowest BCUT2D eigenvalue weighted by molar-refractivity contribution is 0.104. The molecule has 1 saturated heterocycles. The van der Waals surface area contributed by atoms with Crippen LogP contribution in [0.1, 0.15) is 21.7 Å². The molecule has 0 bridgehead atoms. The SMILES string of the molecule is O=C(c1ccccc1Cl)c1sc2cc(O)ccc2c1-c1ccc(OCCN2CCC2)cc1. The van der Waals surface area contributed by atoms with E-state index < -0.39 is 0 Å². The third-order valence-corrected chi connectivity index (χ3v) is 7.25. The number of carbonyl (C=O) groups excluding carboxylic acids is 1. The Hall–Kier alpha value is -2.86. The molecule has 1 N–H and O–H groups in total. The van der Waals surface area contributed by atoms with E-state index in [-0.39, 0.29) is 11.5 Å². The number of thiophene rings is 1. The summed E-state index contributed by atoms with van der Waals surface area (Å²) in [6.45, 7) is 3.92. The van der Waals surface area contributed by atoms with Crippen LogP contribution in [0, 0.1) is 0 Å². The second-order valence-corrected chi connectivity index (χ2v) is 9.32. The molecule has 5 rings (SSSR count). The van der Waals surface area contributed by atoms with Crippen LogP contribution in [0.3, 0.4) is 0 Å². The van der Waals surface area contributed by atoms with Gasteiger partial charge in [-0.3, -0.25) is 9.69 Å². The molecule has 1 aromatic heterocycles. The number of aromatic hydroxyl groups is 1. The van der Waals surface area contributed by atoms with E-state index in [2.05, 4.69) is 4.90 Å². The molecule has 3 aromatic carbocycles. The van der Waals surface area contributed by atoms with Crippen molar-refractivity contribution in [2.75, 3.05) is 26.2 Å². The van der Waals surface area contributed by atoms with Gasteiger partial charge in [0.1, 0.15) is 18.1 Å². The normalized spacial score (nSPS) is 13.8. The Morgan fingerprint density at radius 1 is 1.06 bits per heavy atom. The molecule has 0 aliphatic carbocycles. The molecule has 0 atom stereocenters. The summed E-state index contributed by atoms with van der Waals surface area (Å²) >= 11 is 7.69. The van der Waals surface area contributed by atoms with Crippen molar-refractivity contribution in [3.63, 3.8) is 0 Å². The molecule has 0 amide bonds. The zero-order valence-electron chi connectivity index (χ0n) is 17.4. The molecular weight excluding hydrogens is 442 g/mol. The highest BCUT2D eigenvalue weighted by Gasteiger charge is 2.23. The summed E-state index contributed by atoms with van der Waals surface area (Å²) in [5, 5.41) is 11.3. The summed E-state index contributed by atoms with van der Waals surface area (Å²) in [5.41, 5.74) is 2.24. The van der Waals surface area contributed by atoms with Crippen molar-refractivity contribution >= 4 is 38.8 Å². The molecule has 2 heterocycles. The highest BCUT2D eigenvalue weighted by molar-refractivity contribution is 7.21. The highest BCUT2D eigenvalue weighted by Crippen LogP contribution is 2.42. The van der Waals surface area contributed by atoms with Gasteiger partial charge in [0.2, 0.25) is 5.78 Å². The minimum absolute atomic E-state index is 0.124. The summed E-state index contributed by atoms with van der Waals surface area (Å²) in [7, 11) is 0. The van der Waals surface area contributed by atoms with Crippen LogP contribution in [-0.4, -0.2) is 42.0 Å². The summed E-state index contributed by atoms with van der Waals surface area (Å²) in [5.74, 6) is 0.861. The fourth-order valence-electron chi connectivity index (χ4n) is 3.92. The van der Waals surface area contributed by atoms with Crippen LogP contribution >= 0.6 is 22.9 Å². The minimum Gasteiger partial charge on any atom is -0.508 e. The molecule has 1 aliphatic heterocycles. The van der Waals surface area contributed by atoms with Gasteiger partial charge < -0.3 is 9.84 Å². The molecular formula is C26H22ClNO3S. The second-order valence-electron chi connectivity index (χ2n) is 7.86. The first-order chi connectivity index (χ1) is 15.6. The summed E-state index contributed by atoms with van der Waals surface area (Å²) in [4.78, 5) is 16.4. The Labute approximate surface area is 195 Å². The fourth-order valence-corrected chi connectivity index (χ4v) is 5.35. The van der Waals surface area contributed by atoms with E-state index in [0.29, 0.717) is 22.1 Å². The molecule has 4 nitrogen and oxygen atoms in total. The zero-order valence-corrected chi connectivity index (χ0v) is 19.0. The summed E-state index contributed by atoms with van der Waals surface area (Å²) < 4.78 is 6.75. The Morgan fingerprint density at radius 2 is 1.84 bits per heavy atom. The third kappa shape index (κ3) is 4.11. The molecule has 0 unspecified atom stereocenters. The topological polar surface area (TPSA) is 49.8 Å². The molecule has 1 fully saturated rings. The highest BCUT2D eigenvalue weighted by atomic mass is 35.5. The van der Waals surface area contributed by atoms with Gasteiger partial charge >= 0.3 is 0 Å². The van der Waals surface area contributed by atoms with E-state index in [9.17, 15) is 9.90 Å². The standard InChI is InChI=1S/C26H22ClNO3S/c27-22-5-2-1-4-20(22)25(30)26-24(21-11-8-18(29)16-23(21)32-26)17-6-9-19(10-7-17)31-15-14-28-12-3-13-28/h1-2,4-11,16,29H,3,12-15H2. The van der Waals surface area contributed by atoms with Gasteiger partial charge in [-0.25, -0.2) is 0 Å². The number of ether oxygens (including phenoxy) is 1. The number of hydrogen-bond donors (Lipinski definition) is 1. The van der Waals surface area contributed by atoms with Crippen LogP contribution in [0.15, 0.2) is 66.7 Å². The van der Waals surface area contributed by atoms with Crippen molar-refractivity contribution in [1.29, 1.82) is 0 Å². The minimum atomic E-state index is -0.124. The number of halogens is 1. The largest absolute Gasteiger partial charge is 0.508 e.